The van der Waals surface area contributed by atoms with E-state index >= 15 is 0 Å². The van der Waals surface area contributed by atoms with Gasteiger partial charge < -0.3 is 15.5 Å². The Labute approximate surface area is 181 Å². The lowest BCUT2D eigenvalue weighted by molar-refractivity contribution is 0.0940. The highest BCUT2D eigenvalue weighted by Crippen LogP contribution is 2.19. The zero-order chi connectivity index (χ0) is 21.5. The van der Waals surface area contributed by atoms with Gasteiger partial charge in [-0.25, -0.2) is 0 Å². The molecule has 5 nitrogen and oxygen atoms in total. The zero-order valence-electron chi connectivity index (χ0n) is 17.5. The molecule has 156 valence electrons. The van der Waals surface area contributed by atoms with Crippen molar-refractivity contribution in [1.29, 1.82) is 0 Å². The minimum absolute atomic E-state index is 0.0709. The number of carbonyl (C=O) groups excluding carboxylic acids is 2. The number of hydrogen-bond acceptors (Lipinski definition) is 4. The van der Waals surface area contributed by atoms with Crippen LogP contribution in [0, 0.1) is 0 Å². The van der Waals surface area contributed by atoms with Crippen LogP contribution in [0.3, 0.4) is 0 Å². The highest BCUT2D eigenvalue weighted by Gasteiger charge is 2.16. The lowest BCUT2D eigenvalue weighted by atomic mass is 10.0. The van der Waals surface area contributed by atoms with Gasteiger partial charge in [-0.1, -0.05) is 43.3 Å². The minimum Gasteiger partial charge on any atom is -0.350 e. The molecule has 1 heterocycles. The van der Waals surface area contributed by atoms with E-state index in [1.54, 1.807) is 30.3 Å². The number of nitrogens with zero attached hydrogens (tertiary/aromatic N) is 1. The monoisotopic (exact) mass is 421 g/mol. The average molecular weight is 422 g/mol. The molecule has 0 aliphatic heterocycles. The van der Waals surface area contributed by atoms with Gasteiger partial charge >= 0.3 is 0 Å². The number of nitrogens with one attached hydrogen (secondary N) is 2. The largest absolute Gasteiger partial charge is 0.350 e. The van der Waals surface area contributed by atoms with Gasteiger partial charge in [-0.2, -0.15) is 0 Å². The number of anilines is 1. The first kappa shape index (κ1) is 21.7. The van der Waals surface area contributed by atoms with Gasteiger partial charge in [-0.3, -0.25) is 9.59 Å². The van der Waals surface area contributed by atoms with Crippen molar-refractivity contribution < 1.29 is 9.59 Å². The molecule has 1 unspecified atom stereocenters. The van der Waals surface area contributed by atoms with E-state index in [0.717, 1.165) is 12.0 Å². The molecule has 2 amide bonds. The lowest BCUT2D eigenvalue weighted by Crippen LogP contribution is -2.34. The maximum atomic E-state index is 12.7. The predicted octanol–water partition coefficient (Wildman–Crippen LogP) is 4.60. The summed E-state index contributed by atoms with van der Waals surface area (Å²) in [5, 5.41) is 7.72. The molecule has 0 saturated carbocycles. The number of likely N-dealkylation sites (N-methyl/N-ethyl adjacent to an activating group) is 1. The second-order valence-corrected chi connectivity index (χ2v) is 8.24. The van der Waals surface area contributed by atoms with Gasteiger partial charge in [0.05, 0.1) is 10.9 Å². The number of carbonyl (C=O) groups is 2. The number of benzene rings is 2. The van der Waals surface area contributed by atoms with Gasteiger partial charge in [0, 0.05) is 17.8 Å². The van der Waals surface area contributed by atoms with Crippen molar-refractivity contribution in [2.75, 3.05) is 26.0 Å². The van der Waals surface area contributed by atoms with Crippen molar-refractivity contribution in [3.63, 3.8) is 0 Å². The van der Waals surface area contributed by atoms with Crippen molar-refractivity contribution in [2.24, 2.45) is 0 Å². The van der Waals surface area contributed by atoms with E-state index in [1.807, 2.05) is 25.5 Å². The Morgan fingerprint density at radius 2 is 1.77 bits per heavy atom. The molecule has 30 heavy (non-hydrogen) atoms. The molecular formula is C24H27N3O2S. The molecule has 0 radical (unpaired) electrons. The molecule has 6 heteroatoms. The number of aryl methyl sites for hydroxylation is 1. The summed E-state index contributed by atoms with van der Waals surface area (Å²) in [6.45, 7) is 2.62. The summed E-state index contributed by atoms with van der Waals surface area (Å²) in [7, 11) is 4.01. The maximum Gasteiger partial charge on any atom is 0.265 e. The van der Waals surface area contributed by atoms with Crippen LogP contribution < -0.4 is 10.6 Å². The van der Waals surface area contributed by atoms with E-state index < -0.39 is 0 Å². The first-order chi connectivity index (χ1) is 14.5. The summed E-state index contributed by atoms with van der Waals surface area (Å²) < 4.78 is 0. The van der Waals surface area contributed by atoms with Crippen LogP contribution in [0.1, 0.15) is 44.1 Å². The normalized spacial score (nSPS) is 11.9. The van der Waals surface area contributed by atoms with Gasteiger partial charge in [-0.05, 0) is 61.3 Å². The molecule has 0 bridgehead atoms. The van der Waals surface area contributed by atoms with Crippen molar-refractivity contribution in [2.45, 2.75) is 19.4 Å². The predicted molar refractivity (Wildman–Crippen MR) is 123 cm³/mol. The Kier molecular flexibility index (Phi) is 7.38. The smallest absolute Gasteiger partial charge is 0.265 e. The standard InChI is InChI=1S/C24H27N3O2S/c1-4-17-10-12-18(13-11-17)21(27(2)3)16-25-23(28)19-7-5-8-20(15-19)26-24(29)22-9-6-14-30-22/h5-15,21H,4,16H2,1-3H3,(H,25,28)(H,26,29). The van der Waals surface area contributed by atoms with Crippen LogP contribution in [0.15, 0.2) is 66.0 Å². The van der Waals surface area contributed by atoms with Gasteiger partial charge in [0.25, 0.3) is 11.8 Å². The molecule has 2 N–H and O–H groups in total. The number of rotatable bonds is 8. The third-order valence-electron chi connectivity index (χ3n) is 4.98. The highest BCUT2D eigenvalue weighted by molar-refractivity contribution is 7.12. The van der Waals surface area contributed by atoms with Crippen LogP contribution >= 0.6 is 11.3 Å². The molecule has 2 aromatic carbocycles. The molecule has 0 fully saturated rings. The first-order valence-corrected chi connectivity index (χ1v) is 10.8. The van der Waals surface area contributed by atoms with Gasteiger partial charge in [0.1, 0.15) is 0 Å². The fourth-order valence-electron chi connectivity index (χ4n) is 3.20. The SMILES string of the molecule is CCc1ccc(C(CNC(=O)c2cccc(NC(=O)c3cccs3)c2)N(C)C)cc1. The maximum absolute atomic E-state index is 12.7. The van der Waals surface area contributed by atoms with Crippen LogP contribution in [-0.4, -0.2) is 37.4 Å². The van der Waals surface area contributed by atoms with Crippen LogP contribution in [0.25, 0.3) is 0 Å². The minimum atomic E-state index is -0.175. The van der Waals surface area contributed by atoms with E-state index in [2.05, 4.69) is 46.7 Å². The van der Waals surface area contributed by atoms with Crippen LogP contribution in [0.2, 0.25) is 0 Å². The number of hydrogen-bond donors (Lipinski definition) is 2. The first-order valence-electron chi connectivity index (χ1n) is 9.96. The Morgan fingerprint density at radius 1 is 1.00 bits per heavy atom. The van der Waals surface area contributed by atoms with E-state index in [9.17, 15) is 9.59 Å². The van der Waals surface area contributed by atoms with E-state index in [0.29, 0.717) is 22.7 Å². The summed E-state index contributed by atoms with van der Waals surface area (Å²) >= 11 is 1.38. The number of amides is 2. The number of thiophene rings is 1. The van der Waals surface area contributed by atoms with Crippen molar-refractivity contribution in [3.8, 4) is 0 Å². The van der Waals surface area contributed by atoms with Crippen LogP contribution in [-0.2, 0) is 6.42 Å². The molecule has 1 atom stereocenters. The third kappa shape index (κ3) is 5.55. The summed E-state index contributed by atoms with van der Waals surface area (Å²) in [5.41, 5.74) is 3.56. The van der Waals surface area contributed by atoms with Gasteiger partial charge in [0.15, 0.2) is 0 Å². The fraction of sp³-hybridized carbons (Fsp3) is 0.250. The Bertz CT molecular complexity index is 982. The van der Waals surface area contributed by atoms with E-state index in [-0.39, 0.29) is 17.9 Å². The third-order valence-corrected chi connectivity index (χ3v) is 5.85. The van der Waals surface area contributed by atoms with Crippen LogP contribution in [0.4, 0.5) is 5.69 Å². The molecule has 1 aromatic heterocycles. The summed E-state index contributed by atoms with van der Waals surface area (Å²) in [6.07, 6.45) is 1.00. The van der Waals surface area contributed by atoms with E-state index in [4.69, 9.17) is 0 Å². The zero-order valence-corrected chi connectivity index (χ0v) is 18.3. The lowest BCUT2D eigenvalue weighted by Gasteiger charge is -2.25. The van der Waals surface area contributed by atoms with Crippen molar-refractivity contribution >= 4 is 28.8 Å². The van der Waals surface area contributed by atoms with Gasteiger partial charge in [-0.15, -0.1) is 11.3 Å². The summed E-state index contributed by atoms with van der Waals surface area (Å²) in [4.78, 5) is 27.7. The molecule has 3 rings (SSSR count). The topological polar surface area (TPSA) is 61.4 Å². The molecule has 0 spiro atoms. The van der Waals surface area contributed by atoms with Crippen molar-refractivity contribution in [1.82, 2.24) is 10.2 Å². The fourth-order valence-corrected chi connectivity index (χ4v) is 3.82. The molecule has 0 aliphatic carbocycles. The Morgan fingerprint density at radius 3 is 2.40 bits per heavy atom. The molecule has 0 aliphatic rings. The van der Waals surface area contributed by atoms with E-state index in [1.165, 1.54) is 16.9 Å². The summed E-state index contributed by atoms with van der Waals surface area (Å²) in [5.74, 6) is -0.343. The van der Waals surface area contributed by atoms with Crippen LogP contribution in [0.5, 0.6) is 0 Å². The molecule has 0 saturated heterocycles. The molecule has 3 aromatic rings. The quantitative estimate of drug-likeness (QED) is 0.559. The second-order valence-electron chi connectivity index (χ2n) is 7.30. The van der Waals surface area contributed by atoms with Crippen molar-refractivity contribution in [3.05, 3.63) is 87.6 Å². The van der Waals surface area contributed by atoms with Gasteiger partial charge in [0.2, 0.25) is 0 Å². The Hall–Kier alpha value is -2.96. The Balaban J connectivity index is 1.65. The average Bonchev–Trinajstić information content (AvgIpc) is 3.29. The highest BCUT2D eigenvalue weighted by atomic mass is 32.1. The summed E-state index contributed by atoms with van der Waals surface area (Å²) in [6, 6.07) is 19.2. The second kappa shape index (κ2) is 10.2. The molecular weight excluding hydrogens is 394 g/mol.